The van der Waals surface area contributed by atoms with Crippen molar-refractivity contribution in [1.82, 2.24) is 0 Å². The summed E-state index contributed by atoms with van der Waals surface area (Å²) in [5.41, 5.74) is -7.23. The Morgan fingerprint density at radius 1 is 1.17 bits per heavy atom. The van der Waals surface area contributed by atoms with Gasteiger partial charge in [-0.15, -0.1) is 0 Å². The van der Waals surface area contributed by atoms with Crippen LogP contribution in [0, 0.1) is 22.7 Å². The predicted octanol–water partition coefficient (Wildman–Crippen LogP) is -0.409. The molecule has 0 amide bonds. The van der Waals surface area contributed by atoms with Crippen LogP contribution >= 0.6 is 0 Å². The molecule has 0 aromatic rings. The number of halogens is 1. The van der Waals surface area contributed by atoms with E-state index in [1.807, 2.05) is 0 Å². The van der Waals surface area contributed by atoms with E-state index in [0.29, 0.717) is 0 Å². The highest BCUT2D eigenvalue weighted by Gasteiger charge is 2.77. The highest BCUT2D eigenvalue weighted by Crippen LogP contribution is 2.69. The van der Waals surface area contributed by atoms with Crippen LogP contribution in [-0.2, 0) is 9.59 Å². The second kappa shape index (κ2) is 6.04. The van der Waals surface area contributed by atoms with Crippen LogP contribution in [0.3, 0.4) is 0 Å². The smallest absolute Gasteiger partial charge is 0.192 e. The Labute approximate surface area is 167 Å². The molecule has 8 heteroatoms. The fourth-order valence-electron chi connectivity index (χ4n) is 6.89. The molecule has 5 N–H and O–H groups in total. The van der Waals surface area contributed by atoms with Gasteiger partial charge in [0.15, 0.2) is 22.8 Å². The average molecular weight is 410 g/mol. The van der Waals surface area contributed by atoms with Crippen LogP contribution in [0.2, 0.25) is 0 Å². The maximum atomic E-state index is 16.8. The average Bonchev–Trinajstić information content (AvgIpc) is 2.86. The Bertz CT molecular complexity index is 839. The van der Waals surface area contributed by atoms with Crippen LogP contribution in [0.1, 0.15) is 33.1 Å². The number of Topliss-reactive ketones (excluding diaryl/α,β-unsaturated/α-hetero) is 1. The fourth-order valence-corrected chi connectivity index (χ4v) is 6.89. The number of carbonyl (C=O) groups excluding carboxylic acids is 2. The van der Waals surface area contributed by atoms with E-state index in [1.165, 1.54) is 32.1 Å². The topological polar surface area (TPSA) is 135 Å². The number of hydrogen-bond donors (Lipinski definition) is 5. The molecule has 4 rings (SSSR count). The molecule has 0 aliphatic heterocycles. The second-order valence-corrected chi connectivity index (χ2v) is 9.51. The van der Waals surface area contributed by atoms with Crippen molar-refractivity contribution in [1.29, 1.82) is 0 Å². The summed E-state index contributed by atoms with van der Waals surface area (Å²) in [5, 5.41) is 52.9. The molecule has 0 bridgehead atoms. The van der Waals surface area contributed by atoms with Crippen molar-refractivity contribution in [2.24, 2.45) is 22.7 Å². The van der Waals surface area contributed by atoms with Gasteiger partial charge >= 0.3 is 0 Å². The minimum absolute atomic E-state index is 0.105. The summed E-state index contributed by atoms with van der Waals surface area (Å²) in [6.45, 7) is 2.06. The van der Waals surface area contributed by atoms with Crippen molar-refractivity contribution in [3.63, 3.8) is 0 Å². The number of aliphatic hydroxyl groups is 5. The van der Waals surface area contributed by atoms with Crippen LogP contribution < -0.4 is 0 Å². The number of fused-ring (bicyclic) bond motifs is 5. The van der Waals surface area contributed by atoms with E-state index in [2.05, 4.69) is 0 Å². The third kappa shape index (κ3) is 2.19. The Kier molecular flexibility index (Phi) is 4.34. The van der Waals surface area contributed by atoms with Crippen molar-refractivity contribution < 1.29 is 39.5 Å². The van der Waals surface area contributed by atoms with Gasteiger partial charge in [0.1, 0.15) is 6.61 Å². The lowest BCUT2D eigenvalue weighted by atomic mass is 9.44. The lowest BCUT2D eigenvalue weighted by Gasteiger charge is -2.63. The molecule has 0 radical (unpaired) electrons. The molecule has 0 heterocycles. The van der Waals surface area contributed by atoms with E-state index in [4.69, 9.17) is 0 Å². The maximum Gasteiger partial charge on any atom is 0.192 e. The van der Waals surface area contributed by atoms with Crippen molar-refractivity contribution in [3.8, 4) is 0 Å². The lowest BCUT2D eigenvalue weighted by Crippen LogP contribution is -2.71. The van der Waals surface area contributed by atoms with Crippen molar-refractivity contribution in [3.05, 3.63) is 23.8 Å². The van der Waals surface area contributed by atoms with E-state index in [-0.39, 0.29) is 30.6 Å². The van der Waals surface area contributed by atoms with E-state index >= 15 is 4.39 Å². The Morgan fingerprint density at radius 2 is 1.83 bits per heavy atom. The Morgan fingerprint density at radius 3 is 2.45 bits per heavy atom. The van der Waals surface area contributed by atoms with Gasteiger partial charge in [-0.2, -0.15) is 0 Å². The van der Waals surface area contributed by atoms with Gasteiger partial charge in [-0.1, -0.05) is 13.0 Å². The summed E-state index contributed by atoms with van der Waals surface area (Å²) in [6.07, 6.45) is -1.04. The van der Waals surface area contributed by atoms with Crippen molar-refractivity contribution in [2.75, 3.05) is 6.61 Å². The van der Waals surface area contributed by atoms with Crippen LogP contribution in [0.5, 0.6) is 0 Å². The molecule has 7 nitrogen and oxygen atoms in total. The highest BCUT2D eigenvalue weighted by atomic mass is 19.1. The van der Waals surface area contributed by atoms with Gasteiger partial charge in [0.25, 0.3) is 0 Å². The predicted molar refractivity (Wildman–Crippen MR) is 98.2 cm³/mol. The molecule has 0 aromatic carbocycles. The molecule has 0 aromatic heterocycles. The van der Waals surface area contributed by atoms with Gasteiger partial charge in [0.2, 0.25) is 0 Å². The molecule has 2 unspecified atom stereocenters. The van der Waals surface area contributed by atoms with Gasteiger partial charge in [-0.25, -0.2) is 4.39 Å². The number of hydrogen-bond acceptors (Lipinski definition) is 7. The summed E-state index contributed by atoms with van der Waals surface area (Å²) >= 11 is 0. The second-order valence-electron chi connectivity index (χ2n) is 9.51. The fraction of sp³-hybridized carbons (Fsp3) is 0.714. The summed E-state index contributed by atoms with van der Waals surface area (Å²) < 4.78 is 16.8. The van der Waals surface area contributed by atoms with Crippen molar-refractivity contribution >= 4 is 11.6 Å². The SMILES string of the molecule is C[C@]12C[C@H](O)[C@@]3(F)[C@@H](CC(O)C4=CC(=O)C=C[C@@]43C)[C@@H]1C[C@@H](O)C2(O)C(=O)CO. The third-order valence-electron chi connectivity index (χ3n) is 8.46. The minimum atomic E-state index is -2.32. The number of ketones is 2. The summed E-state index contributed by atoms with van der Waals surface area (Å²) in [7, 11) is 0. The molecule has 3 saturated carbocycles. The molecular weight excluding hydrogens is 383 g/mol. The minimum Gasteiger partial charge on any atom is -0.390 e. The number of rotatable bonds is 2. The molecule has 0 spiro atoms. The first-order valence-electron chi connectivity index (χ1n) is 9.92. The first-order valence-corrected chi connectivity index (χ1v) is 9.92. The summed E-state index contributed by atoms with van der Waals surface area (Å²) in [4.78, 5) is 24.2. The first kappa shape index (κ1) is 20.8. The normalized spacial score (nSPS) is 53.7. The Hall–Kier alpha value is -1.45. The highest BCUT2D eigenvalue weighted by molar-refractivity contribution is 6.01. The van der Waals surface area contributed by atoms with Crippen LogP contribution in [0.15, 0.2) is 23.8 Å². The van der Waals surface area contributed by atoms with Crippen molar-refractivity contribution in [2.45, 2.75) is 62.7 Å². The zero-order chi connectivity index (χ0) is 21.6. The van der Waals surface area contributed by atoms with Gasteiger partial charge in [-0.05, 0) is 49.8 Å². The molecule has 29 heavy (non-hydrogen) atoms. The van der Waals surface area contributed by atoms with Crippen LogP contribution in [0.25, 0.3) is 0 Å². The molecule has 4 aliphatic rings. The first-order chi connectivity index (χ1) is 13.4. The summed E-state index contributed by atoms with van der Waals surface area (Å²) in [5.74, 6) is -3.06. The molecule has 9 atom stereocenters. The van der Waals surface area contributed by atoms with E-state index in [0.717, 1.165) is 0 Å². The Balaban J connectivity index is 1.87. The zero-order valence-corrected chi connectivity index (χ0v) is 16.4. The number of aliphatic hydroxyl groups excluding tert-OH is 4. The van der Waals surface area contributed by atoms with Gasteiger partial charge in [0.05, 0.1) is 18.3 Å². The summed E-state index contributed by atoms with van der Waals surface area (Å²) in [6, 6.07) is 0. The monoisotopic (exact) mass is 410 g/mol. The van der Waals surface area contributed by atoms with E-state index in [9.17, 15) is 35.1 Å². The molecule has 4 aliphatic carbocycles. The van der Waals surface area contributed by atoms with E-state index in [1.54, 1.807) is 0 Å². The van der Waals surface area contributed by atoms with Crippen LogP contribution in [0.4, 0.5) is 4.39 Å². The zero-order valence-electron chi connectivity index (χ0n) is 16.4. The van der Waals surface area contributed by atoms with E-state index < -0.39 is 64.6 Å². The molecule has 3 fully saturated rings. The van der Waals surface area contributed by atoms with Gasteiger partial charge in [-0.3, -0.25) is 9.59 Å². The standard InChI is InChI=1S/C21H27FO7/c1-18-4-3-10(24)5-13(18)14(25)6-12-11-7-15(26)21(29,17(28)9-23)19(11,2)8-16(27)20(12,18)22/h3-5,11-12,14-16,23,25-27,29H,6-9H2,1-2H3/t11-,12-,14?,15+,16-,18-,19-,20-,21?/m0/s1. The maximum absolute atomic E-state index is 16.8. The number of carbonyl (C=O) groups is 2. The molecule has 160 valence electrons. The quantitative estimate of drug-likeness (QED) is 0.418. The largest absolute Gasteiger partial charge is 0.390 e. The third-order valence-corrected chi connectivity index (χ3v) is 8.46. The number of alkyl halides is 1. The lowest BCUT2D eigenvalue weighted by molar-refractivity contribution is -0.228. The van der Waals surface area contributed by atoms with Gasteiger partial charge in [0, 0.05) is 16.7 Å². The molecular formula is C21H27FO7. The molecule has 0 saturated heterocycles. The van der Waals surface area contributed by atoms with Gasteiger partial charge < -0.3 is 25.5 Å². The number of allylic oxidation sites excluding steroid dienone is 3. The van der Waals surface area contributed by atoms with Crippen LogP contribution in [-0.4, -0.2) is 73.3 Å².